The van der Waals surface area contributed by atoms with Crippen LogP contribution in [0.2, 0.25) is 0 Å². The van der Waals surface area contributed by atoms with E-state index < -0.39 is 0 Å². The maximum Gasteiger partial charge on any atom is 0.270 e. The van der Waals surface area contributed by atoms with Crippen LogP contribution in [0, 0.1) is 5.82 Å². The van der Waals surface area contributed by atoms with Crippen LogP contribution in [0.5, 0.6) is 5.75 Å². The number of para-hydroxylation sites is 1. The molecule has 0 saturated heterocycles. The summed E-state index contributed by atoms with van der Waals surface area (Å²) in [7, 11) is 1.60. The van der Waals surface area contributed by atoms with E-state index in [1.165, 1.54) is 12.1 Å². The van der Waals surface area contributed by atoms with Crippen molar-refractivity contribution in [1.29, 1.82) is 0 Å². The summed E-state index contributed by atoms with van der Waals surface area (Å²) in [5.41, 5.74) is 3.07. The highest BCUT2D eigenvalue weighted by molar-refractivity contribution is 5.93. The van der Waals surface area contributed by atoms with Gasteiger partial charge in [-0.1, -0.05) is 30.3 Å². The van der Waals surface area contributed by atoms with E-state index in [1.54, 1.807) is 31.5 Å². The lowest BCUT2D eigenvalue weighted by atomic mass is 10.1. The fraction of sp³-hybridized carbons (Fsp3) is 0.182. The average molecular weight is 379 g/mol. The number of ether oxygens (including phenoxy) is 1. The molecule has 0 spiro atoms. The number of carbonyl (C=O) groups is 1. The summed E-state index contributed by atoms with van der Waals surface area (Å²) in [5.74, 6) is 0.231. The van der Waals surface area contributed by atoms with Crippen LogP contribution in [0.3, 0.4) is 0 Å². The number of benzene rings is 2. The molecule has 0 fully saturated rings. The van der Waals surface area contributed by atoms with Gasteiger partial charge in [-0.3, -0.25) is 9.78 Å². The van der Waals surface area contributed by atoms with Gasteiger partial charge in [0.15, 0.2) is 0 Å². The molecule has 0 bridgehead atoms. The monoisotopic (exact) mass is 379 g/mol. The van der Waals surface area contributed by atoms with Crippen LogP contribution >= 0.6 is 0 Å². The topological polar surface area (TPSA) is 63.2 Å². The summed E-state index contributed by atoms with van der Waals surface area (Å²) < 4.78 is 18.2. The summed E-state index contributed by atoms with van der Waals surface area (Å²) in [4.78, 5) is 16.6. The maximum atomic E-state index is 12.9. The van der Waals surface area contributed by atoms with Crippen LogP contribution in [0.15, 0.2) is 66.9 Å². The van der Waals surface area contributed by atoms with Crippen LogP contribution in [-0.4, -0.2) is 24.5 Å². The van der Waals surface area contributed by atoms with E-state index in [1.807, 2.05) is 30.3 Å². The van der Waals surface area contributed by atoms with Gasteiger partial charge in [-0.05, 0) is 42.3 Å². The van der Waals surface area contributed by atoms with Gasteiger partial charge in [-0.2, -0.15) is 0 Å². The predicted molar refractivity (Wildman–Crippen MR) is 107 cm³/mol. The molecule has 3 rings (SSSR count). The SMILES string of the molecule is COc1ccccc1CNC(=O)c1cc(NCCc2ccc(F)cc2)ccn1. The van der Waals surface area contributed by atoms with Gasteiger partial charge >= 0.3 is 0 Å². The second kappa shape index (κ2) is 9.50. The van der Waals surface area contributed by atoms with Crippen LogP contribution in [0.4, 0.5) is 10.1 Å². The van der Waals surface area contributed by atoms with E-state index in [0.29, 0.717) is 18.8 Å². The van der Waals surface area contributed by atoms with E-state index in [4.69, 9.17) is 4.74 Å². The molecule has 28 heavy (non-hydrogen) atoms. The first-order valence-electron chi connectivity index (χ1n) is 9.00. The number of halogens is 1. The molecule has 0 aliphatic rings. The Morgan fingerprint density at radius 1 is 1.11 bits per heavy atom. The Hall–Kier alpha value is -3.41. The molecule has 1 heterocycles. The van der Waals surface area contributed by atoms with E-state index in [2.05, 4.69) is 15.6 Å². The van der Waals surface area contributed by atoms with Crippen LogP contribution in [0.1, 0.15) is 21.6 Å². The number of carbonyl (C=O) groups excluding carboxylic acids is 1. The molecule has 1 amide bonds. The number of hydrogen-bond acceptors (Lipinski definition) is 4. The highest BCUT2D eigenvalue weighted by Gasteiger charge is 2.09. The van der Waals surface area contributed by atoms with Gasteiger partial charge in [0.05, 0.1) is 7.11 Å². The summed E-state index contributed by atoms with van der Waals surface area (Å²) in [6, 6.07) is 17.5. The van der Waals surface area contributed by atoms with Crippen molar-refractivity contribution in [1.82, 2.24) is 10.3 Å². The second-order valence-electron chi connectivity index (χ2n) is 6.23. The van der Waals surface area contributed by atoms with Crippen molar-refractivity contribution in [3.05, 3.63) is 89.5 Å². The number of nitrogens with zero attached hydrogens (tertiary/aromatic N) is 1. The molecule has 2 aromatic carbocycles. The minimum atomic E-state index is -0.256. The zero-order valence-corrected chi connectivity index (χ0v) is 15.6. The summed E-state index contributed by atoms with van der Waals surface area (Å²) in [5, 5.41) is 6.12. The fourth-order valence-corrected chi connectivity index (χ4v) is 2.78. The zero-order chi connectivity index (χ0) is 19.8. The first-order chi connectivity index (χ1) is 13.7. The van der Waals surface area contributed by atoms with Crippen LogP contribution in [-0.2, 0) is 13.0 Å². The number of aromatic nitrogens is 1. The van der Waals surface area contributed by atoms with Gasteiger partial charge in [0.25, 0.3) is 5.91 Å². The molecule has 0 aliphatic heterocycles. The summed E-state index contributed by atoms with van der Waals surface area (Å²) >= 11 is 0. The molecule has 6 heteroatoms. The number of hydrogen-bond donors (Lipinski definition) is 2. The number of rotatable bonds is 8. The minimum Gasteiger partial charge on any atom is -0.496 e. The Kier molecular flexibility index (Phi) is 6.57. The van der Waals surface area contributed by atoms with E-state index >= 15 is 0 Å². The molecule has 0 aliphatic carbocycles. The van der Waals surface area contributed by atoms with Gasteiger partial charge in [0.1, 0.15) is 17.3 Å². The standard InChI is InChI=1S/C22H22FN3O2/c1-28-21-5-3-2-4-17(21)15-26-22(27)20-14-19(11-13-25-20)24-12-10-16-6-8-18(23)9-7-16/h2-9,11,13-14H,10,12,15H2,1H3,(H,24,25)(H,26,27). The Balaban J connectivity index is 1.54. The van der Waals surface area contributed by atoms with E-state index in [0.717, 1.165) is 29.0 Å². The van der Waals surface area contributed by atoms with Gasteiger partial charge in [-0.15, -0.1) is 0 Å². The zero-order valence-electron chi connectivity index (χ0n) is 15.6. The smallest absolute Gasteiger partial charge is 0.270 e. The van der Waals surface area contributed by atoms with E-state index in [9.17, 15) is 9.18 Å². The van der Waals surface area contributed by atoms with Crippen molar-refractivity contribution in [3.63, 3.8) is 0 Å². The predicted octanol–water partition coefficient (Wildman–Crippen LogP) is 3.81. The van der Waals surface area contributed by atoms with Crippen molar-refractivity contribution in [2.75, 3.05) is 19.0 Å². The quantitative estimate of drug-likeness (QED) is 0.625. The third-order valence-corrected chi connectivity index (χ3v) is 4.28. The molecule has 5 nitrogen and oxygen atoms in total. The number of pyridine rings is 1. The molecular formula is C22H22FN3O2. The van der Waals surface area contributed by atoms with Crippen molar-refractivity contribution >= 4 is 11.6 Å². The van der Waals surface area contributed by atoms with Crippen molar-refractivity contribution in [3.8, 4) is 5.75 Å². The first-order valence-corrected chi connectivity index (χ1v) is 9.00. The molecule has 144 valence electrons. The van der Waals surface area contributed by atoms with Gasteiger partial charge in [-0.25, -0.2) is 4.39 Å². The maximum absolute atomic E-state index is 12.9. The van der Waals surface area contributed by atoms with E-state index in [-0.39, 0.29) is 11.7 Å². The average Bonchev–Trinajstić information content (AvgIpc) is 2.74. The fourth-order valence-electron chi connectivity index (χ4n) is 2.78. The normalized spacial score (nSPS) is 10.4. The number of methoxy groups -OCH3 is 1. The molecule has 0 unspecified atom stereocenters. The summed E-state index contributed by atoms with van der Waals surface area (Å²) in [6.45, 7) is 1.02. The largest absolute Gasteiger partial charge is 0.496 e. The van der Waals surface area contributed by atoms with Gasteiger partial charge < -0.3 is 15.4 Å². The van der Waals surface area contributed by atoms with Crippen LogP contribution < -0.4 is 15.4 Å². The van der Waals surface area contributed by atoms with Gasteiger partial charge in [0.2, 0.25) is 0 Å². The molecule has 0 atom stereocenters. The van der Waals surface area contributed by atoms with Crippen molar-refractivity contribution in [2.24, 2.45) is 0 Å². The third kappa shape index (κ3) is 5.30. The number of nitrogens with one attached hydrogen (secondary N) is 2. The Morgan fingerprint density at radius 3 is 2.68 bits per heavy atom. The summed E-state index contributed by atoms with van der Waals surface area (Å²) in [6.07, 6.45) is 2.34. The first kappa shape index (κ1) is 19.4. The highest BCUT2D eigenvalue weighted by atomic mass is 19.1. The Morgan fingerprint density at radius 2 is 1.89 bits per heavy atom. The molecule has 3 aromatic rings. The lowest BCUT2D eigenvalue weighted by molar-refractivity contribution is 0.0945. The number of amides is 1. The van der Waals surface area contributed by atoms with Crippen molar-refractivity contribution < 1.29 is 13.9 Å². The highest BCUT2D eigenvalue weighted by Crippen LogP contribution is 2.17. The van der Waals surface area contributed by atoms with Crippen LogP contribution in [0.25, 0.3) is 0 Å². The minimum absolute atomic E-state index is 0.241. The lowest BCUT2D eigenvalue weighted by Crippen LogP contribution is -2.24. The third-order valence-electron chi connectivity index (χ3n) is 4.28. The number of anilines is 1. The lowest BCUT2D eigenvalue weighted by Gasteiger charge is -2.10. The molecule has 0 radical (unpaired) electrons. The molecule has 0 saturated carbocycles. The van der Waals surface area contributed by atoms with Crippen molar-refractivity contribution in [2.45, 2.75) is 13.0 Å². The van der Waals surface area contributed by atoms with Gasteiger partial charge in [0, 0.05) is 30.5 Å². The Bertz CT molecular complexity index is 929. The molecular weight excluding hydrogens is 357 g/mol. The Labute approximate surface area is 163 Å². The molecule has 1 aromatic heterocycles. The second-order valence-corrected chi connectivity index (χ2v) is 6.23. The molecule has 2 N–H and O–H groups in total.